The zero-order valence-electron chi connectivity index (χ0n) is 11.6. The molecule has 0 spiro atoms. The molecule has 0 saturated carbocycles. The molecule has 1 fully saturated rings. The van der Waals surface area contributed by atoms with Crippen LogP contribution in [-0.4, -0.2) is 42.6 Å². The van der Waals surface area contributed by atoms with Crippen molar-refractivity contribution in [2.24, 2.45) is 5.92 Å². The second kappa shape index (κ2) is 6.06. The fraction of sp³-hybridized carbons (Fsp3) is 0.533. The van der Waals surface area contributed by atoms with Crippen LogP contribution in [0, 0.1) is 12.8 Å². The molecule has 1 amide bonds. The quantitative estimate of drug-likeness (QED) is 0.873. The van der Waals surface area contributed by atoms with Crippen LogP contribution in [0.3, 0.4) is 0 Å². The first-order valence-electron chi connectivity index (χ1n) is 6.84. The predicted octanol–water partition coefficient (Wildman–Crippen LogP) is 1.77. The molecular weight excluding hydrogens is 240 g/mol. The van der Waals surface area contributed by atoms with Gasteiger partial charge >= 0.3 is 0 Å². The molecule has 1 aromatic carbocycles. The number of nitrogens with one attached hydrogen (secondary N) is 1. The van der Waals surface area contributed by atoms with Crippen LogP contribution in [0.5, 0.6) is 5.75 Å². The number of amides is 1. The van der Waals surface area contributed by atoms with Gasteiger partial charge in [-0.2, -0.15) is 0 Å². The zero-order valence-corrected chi connectivity index (χ0v) is 11.6. The van der Waals surface area contributed by atoms with Gasteiger partial charge in [-0.3, -0.25) is 4.79 Å². The van der Waals surface area contributed by atoms with Gasteiger partial charge in [-0.05, 0) is 50.9 Å². The largest absolute Gasteiger partial charge is 0.508 e. The van der Waals surface area contributed by atoms with E-state index in [1.807, 2.05) is 7.05 Å². The van der Waals surface area contributed by atoms with Gasteiger partial charge in [0.25, 0.3) is 5.91 Å². The van der Waals surface area contributed by atoms with Crippen LogP contribution in [0.2, 0.25) is 0 Å². The number of carbonyl (C=O) groups excluding carboxylic acids is 1. The van der Waals surface area contributed by atoms with E-state index in [-0.39, 0.29) is 11.7 Å². The minimum atomic E-state index is -0.0148. The van der Waals surface area contributed by atoms with E-state index < -0.39 is 0 Å². The molecule has 1 unspecified atom stereocenters. The standard InChI is InChI=1S/C15H22N2O2/c1-11-13(6-3-7-14(11)18)15(19)17(2)10-12-5-4-8-16-9-12/h3,6-7,12,16,18H,4-5,8-10H2,1-2H3. The summed E-state index contributed by atoms with van der Waals surface area (Å²) < 4.78 is 0. The van der Waals surface area contributed by atoms with E-state index in [0.29, 0.717) is 17.0 Å². The summed E-state index contributed by atoms with van der Waals surface area (Å²) in [4.78, 5) is 14.1. The third-order valence-corrected chi connectivity index (χ3v) is 3.81. The fourth-order valence-electron chi connectivity index (χ4n) is 2.61. The molecule has 1 aliphatic heterocycles. The maximum absolute atomic E-state index is 12.4. The number of hydrogen-bond acceptors (Lipinski definition) is 3. The van der Waals surface area contributed by atoms with Crippen molar-refractivity contribution in [2.45, 2.75) is 19.8 Å². The lowest BCUT2D eigenvalue weighted by molar-refractivity contribution is 0.0763. The molecule has 0 aliphatic carbocycles. The molecule has 1 saturated heterocycles. The summed E-state index contributed by atoms with van der Waals surface area (Å²) in [6.07, 6.45) is 2.35. The Morgan fingerprint density at radius 2 is 2.32 bits per heavy atom. The average Bonchev–Trinajstić information content (AvgIpc) is 2.42. The van der Waals surface area contributed by atoms with Gasteiger partial charge in [-0.1, -0.05) is 6.07 Å². The molecule has 1 heterocycles. The highest BCUT2D eigenvalue weighted by Crippen LogP contribution is 2.21. The Labute approximate surface area is 114 Å². The zero-order chi connectivity index (χ0) is 13.8. The van der Waals surface area contributed by atoms with Crippen LogP contribution in [0.4, 0.5) is 0 Å². The molecule has 104 valence electrons. The van der Waals surface area contributed by atoms with Crippen molar-refractivity contribution in [3.8, 4) is 5.75 Å². The number of hydrogen-bond donors (Lipinski definition) is 2. The molecular formula is C15H22N2O2. The second-order valence-corrected chi connectivity index (χ2v) is 5.35. The van der Waals surface area contributed by atoms with Gasteiger partial charge in [0.1, 0.15) is 5.75 Å². The molecule has 0 radical (unpaired) electrons. The van der Waals surface area contributed by atoms with E-state index in [0.717, 1.165) is 19.6 Å². The Bertz CT molecular complexity index is 453. The average molecular weight is 262 g/mol. The minimum Gasteiger partial charge on any atom is -0.508 e. The molecule has 1 aliphatic rings. The lowest BCUT2D eigenvalue weighted by Gasteiger charge is -2.28. The SMILES string of the molecule is Cc1c(O)cccc1C(=O)N(C)CC1CCCNC1. The number of carbonyl (C=O) groups is 1. The van der Waals surface area contributed by atoms with Crippen molar-refractivity contribution in [1.82, 2.24) is 10.2 Å². The van der Waals surface area contributed by atoms with E-state index >= 15 is 0 Å². The molecule has 4 nitrogen and oxygen atoms in total. The fourth-order valence-corrected chi connectivity index (χ4v) is 2.61. The van der Waals surface area contributed by atoms with Gasteiger partial charge in [-0.25, -0.2) is 0 Å². The first kappa shape index (κ1) is 13.9. The van der Waals surface area contributed by atoms with E-state index in [2.05, 4.69) is 5.32 Å². The Kier molecular flexibility index (Phi) is 4.43. The Morgan fingerprint density at radius 1 is 1.53 bits per heavy atom. The van der Waals surface area contributed by atoms with Gasteiger partial charge in [0.05, 0.1) is 0 Å². The third-order valence-electron chi connectivity index (χ3n) is 3.81. The summed E-state index contributed by atoms with van der Waals surface area (Å²) in [5, 5.41) is 13.0. The van der Waals surface area contributed by atoms with Crippen LogP contribution in [0.25, 0.3) is 0 Å². The lowest BCUT2D eigenvalue weighted by atomic mass is 9.98. The van der Waals surface area contributed by atoms with E-state index in [4.69, 9.17) is 0 Å². The van der Waals surface area contributed by atoms with Crippen LogP contribution < -0.4 is 5.32 Å². The predicted molar refractivity (Wildman–Crippen MR) is 75.4 cm³/mol. The summed E-state index contributed by atoms with van der Waals surface area (Å²) in [5.41, 5.74) is 1.24. The second-order valence-electron chi connectivity index (χ2n) is 5.35. The lowest BCUT2D eigenvalue weighted by Crippen LogP contribution is -2.39. The Morgan fingerprint density at radius 3 is 3.00 bits per heavy atom. The van der Waals surface area contributed by atoms with Gasteiger partial charge in [0.2, 0.25) is 0 Å². The molecule has 1 atom stereocenters. The van der Waals surface area contributed by atoms with Gasteiger partial charge in [0, 0.05) is 24.7 Å². The van der Waals surface area contributed by atoms with E-state index in [9.17, 15) is 9.90 Å². The maximum Gasteiger partial charge on any atom is 0.254 e. The van der Waals surface area contributed by atoms with Crippen molar-refractivity contribution in [3.05, 3.63) is 29.3 Å². The van der Waals surface area contributed by atoms with Crippen LogP contribution in [0.1, 0.15) is 28.8 Å². The summed E-state index contributed by atoms with van der Waals surface area (Å²) in [7, 11) is 1.83. The monoisotopic (exact) mass is 262 g/mol. The first-order valence-corrected chi connectivity index (χ1v) is 6.84. The normalized spacial score (nSPS) is 19.2. The Hall–Kier alpha value is -1.55. The smallest absolute Gasteiger partial charge is 0.254 e. The number of piperidine rings is 1. The molecule has 4 heteroatoms. The number of aromatic hydroxyl groups is 1. The highest BCUT2D eigenvalue weighted by Gasteiger charge is 2.20. The molecule has 19 heavy (non-hydrogen) atoms. The number of phenolic OH excluding ortho intramolecular Hbond substituents is 1. The van der Waals surface area contributed by atoms with E-state index in [1.54, 1.807) is 30.0 Å². The summed E-state index contributed by atoms with van der Waals surface area (Å²) in [5.74, 6) is 0.692. The summed E-state index contributed by atoms with van der Waals surface area (Å²) in [6, 6.07) is 5.09. The minimum absolute atomic E-state index is 0.0148. The molecule has 2 rings (SSSR count). The number of benzene rings is 1. The van der Waals surface area contributed by atoms with Crippen LogP contribution in [0.15, 0.2) is 18.2 Å². The summed E-state index contributed by atoms with van der Waals surface area (Å²) >= 11 is 0. The maximum atomic E-state index is 12.4. The third kappa shape index (κ3) is 3.26. The number of nitrogens with zero attached hydrogens (tertiary/aromatic N) is 1. The van der Waals surface area contributed by atoms with E-state index in [1.165, 1.54) is 12.8 Å². The molecule has 1 aromatic rings. The van der Waals surface area contributed by atoms with Crippen molar-refractivity contribution in [3.63, 3.8) is 0 Å². The van der Waals surface area contributed by atoms with Crippen molar-refractivity contribution in [1.29, 1.82) is 0 Å². The molecule has 0 aromatic heterocycles. The van der Waals surface area contributed by atoms with Crippen LogP contribution >= 0.6 is 0 Å². The molecule has 0 bridgehead atoms. The Balaban J connectivity index is 2.03. The number of phenols is 1. The van der Waals surface area contributed by atoms with Gasteiger partial charge in [-0.15, -0.1) is 0 Å². The summed E-state index contributed by atoms with van der Waals surface area (Å²) in [6.45, 7) is 4.61. The highest BCUT2D eigenvalue weighted by molar-refractivity contribution is 5.96. The van der Waals surface area contributed by atoms with Crippen molar-refractivity contribution < 1.29 is 9.90 Å². The van der Waals surface area contributed by atoms with Crippen LogP contribution in [-0.2, 0) is 0 Å². The first-order chi connectivity index (χ1) is 9.09. The molecule has 2 N–H and O–H groups in total. The van der Waals surface area contributed by atoms with Gasteiger partial charge < -0.3 is 15.3 Å². The van der Waals surface area contributed by atoms with Crippen molar-refractivity contribution in [2.75, 3.05) is 26.7 Å². The van der Waals surface area contributed by atoms with Crippen molar-refractivity contribution >= 4 is 5.91 Å². The highest BCUT2D eigenvalue weighted by atomic mass is 16.3. The number of rotatable bonds is 3. The topological polar surface area (TPSA) is 52.6 Å². The van der Waals surface area contributed by atoms with Gasteiger partial charge in [0.15, 0.2) is 0 Å².